The standard InChI is InChI=1S/C13H18ClNO3S/c1-15(10-11-6-8-18-9-7-11)19(16,17)13-4-2-12(14)3-5-13/h2-5,11H,6-10H2,1H3. The molecule has 0 unspecified atom stereocenters. The summed E-state index contributed by atoms with van der Waals surface area (Å²) in [5, 5.41) is 0.533. The maximum Gasteiger partial charge on any atom is 0.242 e. The van der Waals surface area contributed by atoms with Crippen molar-refractivity contribution in [3.05, 3.63) is 29.3 Å². The van der Waals surface area contributed by atoms with Crippen molar-refractivity contribution in [2.45, 2.75) is 17.7 Å². The van der Waals surface area contributed by atoms with Gasteiger partial charge >= 0.3 is 0 Å². The molecule has 0 N–H and O–H groups in total. The molecular weight excluding hydrogens is 286 g/mol. The highest BCUT2D eigenvalue weighted by atomic mass is 35.5. The Balaban J connectivity index is 2.07. The summed E-state index contributed by atoms with van der Waals surface area (Å²) in [6, 6.07) is 6.27. The lowest BCUT2D eigenvalue weighted by molar-refractivity contribution is 0.0620. The highest BCUT2D eigenvalue weighted by molar-refractivity contribution is 7.89. The predicted molar refractivity (Wildman–Crippen MR) is 74.8 cm³/mol. The minimum Gasteiger partial charge on any atom is -0.381 e. The SMILES string of the molecule is CN(CC1CCOCC1)S(=O)(=O)c1ccc(Cl)cc1. The molecule has 106 valence electrons. The molecule has 0 bridgehead atoms. The fourth-order valence-corrected chi connectivity index (χ4v) is 3.55. The molecule has 0 saturated carbocycles. The van der Waals surface area contributed by atoms with Gasteiger partial charge in [-0.25, -0.2) is 12.7 Å². The van der Waals surface area contributed by atoms with Crippen LogP contribution in [0.4, 0.5) is 0 Å². The van der Waals surface area contributed by atoms with E-state index in [1.807, 2.05) is 0 Å². The van der Waals surface area contributed by atoms with Crippen LogP contribution in [-0.4, -0.2) is 39.5 Å². The average molecular weight is 304 g/mol. The van der Waals surface area contributed by atoms with E-state index in [0.717, 1.165) is 26.1 Å². The summed E-state index contributed by atoms with van der Waals surface area (Å²) in [5.41, 5.74) is 0. The van der Waals surface area contributed by atoms with Crippen molar-refractivity contribution in [2.75, 3.05) is 26.8 Å². The van der Waals surface area contributed by atoms with Crippen LogP contribution in [0.3, 0.4) is 0 Å². The molecule has 0 aliphatic carbocycles. The molecule has 6 heteroatoms. The number of hydrogen-bond acceptors (Lipinski definition) is 3. The van der Waals surface area contributed by atoms with Gasteiger partial charge < -0.3 is 4.74 Å². The normalized spacial score (nSPS) is 17.8. The Hall–Kier alpha value is -0.620. The Bertz CT molecular complexity index is 509. The zero-order valence-corrected chi connectivity index (χ0v) is 12.5. The number of hydrogen-bond donors (Lipinski definition) is 0. The first kappa shape index (κ1) is 14.8. The molecule has 4 nitrogen and oxygen atoms in total. The van der Waals surface area contributed by atoms with Gasteiger partial charge in [-0.15, -0.1) is 0 Å². The van der Waals surface area contributed by atoms with Crippen LogP contribution in [0.25, 0.3) is 0 Å². The minimum atomic E-state index is -3.42. The molecule has 0 radical (unpaired) electrons. The van der Waals surface area contributed by atoms with Crippen LogP contribution in [0.1, 0.15) is 12.8 Å². The van der Waals surface area contributed by atoms with Gasteiger partial charge in [0.25, 0.3) is 0 Å². The molecular formula is C13H18ClNO3S. The van der Waals surface area contributed by atoms with Crippen molar-refractivity contribution in [2.24, 2.45) is 5.92 Å². The number of rotatable bonds is 4. The summed E-state index contributed by atoms with van der Waals surface area (Å²) in [6.07, 6.45) is 1.83. The third-order valence-electron chi connectivity index (χ3n) is 3.38. The van der Waals surface area contributed by atoms with E-state index >= 15 is 0 Å². The van der Waals surface area contributed by atoms with Gasteiger partial charge in [0.15, 0.2) is 0 Å². The Kier molecular flexibility index (Phi) is 4.84. The van der Waals surface area contributed by atoms with Crippen molar-refractivity contribution >= 4 is 21.6 Å². The summed E-state index contributed by atoms with van der Waals surface area (Å²) in [4.78, 5) is 0.284. The van der Waals surface area contributed by atoms with E-state index in [4.69, 9.17) is 16.3 Å². The molecule has 1 fully saturated rings. The fourth-order valence-electron chi connectivity index (χ4n) is 2.18. The maximum absolute atomic E-state index is 12.4. The summed E-state index contributed by atoms with van der Waals surface area (Å²) in [6.45, 7) is 1.98. The van der Waals surface area contributed by atoms with E-state index in [1.54, 1.807) is 19.2 Å². The Morgan fingerprint density at radius 3 is 2.42 bits per heavy atom. The molecule has 1 saturated heterocycles. The number of halogens is 1. The molecule has 1 heterocycles. The topological polar surface area (TPSA) is 46.6 Å². The number of sulfonamides is 1. The Morgan fingerprint density at radius 1 is 1.26 bits per heavy atom. The monoisotopic (exact) mass is 303 g/mol. The highest BCUT2D eigenvalue weighted by Crippen LogP contribution is 2.21. The van der Waals surface area contributed by atoms with E-state index in [-0.39, 0.29) is 4.90 Å². The molecule has 0 aromatic heterocycles. The molecule has 0 amide bonds. The summed E-state index contributed by atoms with van der Waals surface area (Å²) in [5.74, 6) is 0.376. The quantitative estimate of drug-likeness (QED) is 0.858. The second-order valence-corrected chi connectivity index (χ2v) is 7.28. The van der Waals surface area contributed by atoms with Gasteiger partial charge in [-0.05, 0) is 43.0 Å². The van der Waals surface area contributed by atoms with Crippen molar-refractivity contribution in [1.29, 1.82) is 0 Å². The molecule has 0 spiro atoms. The zero-order valence-electron chi connectivity index (χ0n) is 10.9. The van der Waals surface area contributed by atoms with Gasteiger partial charge in [0.1, 0.15) is 0 Å². The summed E-state index contributed by atoms with van der Waals surface area (Å²) < 4.78 is 31.4. The van der Waals surface area contributed by atoms with Crippen LogP contribution >= 0.6 is 11.6 Å². The van der Waals surface area contributed by atoms with Crippen LogP contribution in [0, 0.1) is 5.92 Å². The minimum absolute atomic E-state index is 0.284. The molecule has 2 rings (SSSR count). The lowest BCUT2D eigenvalue weighted by Crippen LogP contribution is -2.34. The highest BCUT2D eigenvalue weighted by Gasteiger charge is 2.24. The molecule has 1 aliphatic rings. The maximum atomic E-state index is 12.4. The molecule has 1 aliphatic heterocycles. The van der Waals surface area contributed by atoms with Crippen LogP contribution in [0.15, 0.2) is 29.2 Å². The first-order valence-electron chi connectivity index (χ1n) is 6.30. The van der Waals surface area contributed by atoms with Gasteiger partial charge in [0.2, 0.25) is 10.0 Å². The number of nitrogens with zero attached hydrogens (tertiary/aromatic N) is 1. The lowest BCUT2D eigenvalue weighted by Gasteiger charge is -2.26. The zero-order chi connectivity index (χ0) is 13.9. The first-order chi connectivity index (χ1) is 9.00. The first-order valence-corrected chi connectivity index (χ1v) is 8.11. The number of ether oxygens (including phenoxy) is 1. The second kappa shape index (κ2) is 6.22. The average Bonchev–Trinajstić information content (AvgIpc) is 2.40. The van der Waals surface area contributed by atoms with Crippen LogP contribution in [-0.2, 0) is 14.8 Å². The molecule has 0 atom stereocenters. The second-order valence-electron chi connectivity index (χ2n) is 4.80. The number of benzene rings is 1. The summed E-state index contributed by atoms with van der Waals surface area (Å²) in [7, 11) is -1.80. The Morgan fingerprint density at radius 2 is 1.84 bits per heavy atom. The van der Waals surface area contributed by atoms with E-state index in [2.05, 4.69) is 0 Å². The van der Waals surface area contributed by atoms with Crippen molar-refractivity contribution in [3.8, 4) is 0 Å². The smallest absolute Gasteiger partial charge is 0.242 e. The third kappa shape index (κ3) is 3.69. The Labute approximate surface area is 119 Å². The van der Waals surface area contributed by atoms with E-state index in [0.29, 0.717) is 17.5 Å². The van der Waals surface area contributed by atoms with Gasteiger partial charge in [0.05, 0.1) is 4.90 Å². The predicted octanol–water partition coefficient (Wildman–Crippen LogP) is 2.39. The van der Waals surface area contributed by atoms with Crippen LogP contribution in [0.2, 0.25) is 5.02 Å². The molecule has 19 heavy (non-hydrogen) atoms. The van der Waals surface area contributed by atoms with Crippen molar-refractivity contribution < 1.29 is 13.2 Å². The van der Waals surface area contributed by atoms with E-state index < -0.39 is 10.0 Å². The van der Waals surface area contributed by atoms with Gasteiger partial charge in [-0.2, -0.15) is 0 Å². The van der Waals surface area contributed by atoms with Gasteiger partial charge in [-0.3, -0.25) is 0 Å². The van der Waals surface area contributed by atoms with Crippen LogP contribution in [0.5, 0.6) is 0 Å². The van der Waals surface area contributed by atoms with Gasteiger partial charge in [0, 0.05) is 31.8 Å². The van der Waals surface area contributed by atoms with E-state index in [9.17, 15) is 8.42 Å². The lowest BCUT2D eigenvalue weighted by atomic mass is 10.0. The van der Waals surface area contributed by atoms with Crippen LogP contribution < -0.4 is 0 Å². The van der Waals surface area contributed by atoms with Gasteiger partial charge in [-0.1, -0.05) is 11.6 Å². The molecule has 1 aromatic rings. The summed E-state index contributed by atoms with van der Waals surface area (Å²) >= 11 is 5.77. The largest absolute Gasteiger partial charge is 0.381 e. The van der Waals surface area contributed by atoms with Crippen molar-refractivity contribution in [3.63, 3.8) is 0 Å². The molecule has 1 aromatic carbocycles. The third-order valence-corrected chi connectivity index (χ3v) is 5.47. The van der Waals surface area contributed by atoms with Crippen molar-refractivity contribution in [1.82, 2.24) is 4.31 Å². The van der Waals surface area contributed by atoms with E-state index in [1.165, 1.54) is 16.4 Å². The fraction of sp³-hybridized carbons (Fsp3) is 0.538.